The summed E-state index contributed by atoms with van der Waals surface area (Å²) in [6.45, 7) is 1.49. The summed E-state index contributed by atoms with van der Waals surface area (Å²) in [7, 11) is 1.68. The number of hydrogen-bond acceptors (Lipinski definition) is 4. The van der Waals surface area contributed by atoms with E-state index in [0.717, 1.165) is 12.1 Å². The largest absolute Gasteiger partial charge is 0.350 e. The van der Waals surface area contributed by atoms with Gasteiger partial charge in [-0.05, 0) is 24.5 Å². The Bertz CT molecular complexity index is 833. The van der Waals surface area contributed by atoms with E-state index in [1.54, 1.807) is 36.4 Å². The number of anilines is 1. The third kappa shape index (κ3) is 4.11. The maximum atomic E-state index is 12.6. The monoisotopic (exact) mass is 373 g/mol. The van der Waals surface area contributed by atoms with E-state index in [2.05, 4.69) is 15.4 Å². The molecule has 2 unspecified atom stereocenters. The average molecular weight is 374 g/mol. The van der Waals surface area contributed by atoms with Crippen LogP contribution in [-0.4, -0.2) is 39.7 Å². The van der Waals surface area contributed by atoms with E-state index < -0.39 is 0 Å². The molecule has 136 valence electrons. The van der Waals surface area contributed by atoms with Crippen molar-refractivity contribution < 1.29 is 9.59 Å². The van der Waals surface area contributed by atoms with Gasteiger partial charge in [-0.3, -0.25) is 14.6 Å². The van der Waals surface area contributed by atoms with Crippen LogP contribution in [0.5, 0.6) is 0 Å². The molecule has 0 saturated carbocycles. The van der Waals surface area contributed by atoms with Crippen LogP contribution in [0.3, 0.4) is 0 Å². The average Bonchev–Trinajstić information content (AvgIpc) is 3.21. The van der Waals surface area contributed by atoms with Gasteiger partial charge in [0.2, 0.25) is 11.8 Å². The topological polar surface area (TPSA) is 80.1 Å². The van der Waals surface area contributed by atoms with E-state index in [4.69, 9.17) is 11.6 Å². The van der Waals surface area contributed by atoms with Crippen molar-refractivity contribution in [3.63, 3.8) is 0 Å². The van der Waals surface area contributed by atoms with Crippen molar-refractivity contribution in [1.29, 1.82) is 0 Å². The minimum atomic E-state index is -0.0710. The number of allylic oxidation sites excluding steroid dienone is 1. The predicted molar refractivity (Wildman–Crippen MR) is 99.2 cm³/mol. The molecule has 2 heterocycles. The third-order valence-electron chi connectivity index (χ3n) is 4.30. The van der Waals surface area contributed by atoms with Crippen molar-refractivity contribution >= 4 is 29.1 Å². The summed E-state index contributed by atoms with van der Waals surface area (Å²) in [5.41, 5.74) is 1.30. The number of aromatic nitrogens is 3. The Balaban J connectivity index is 1.65. The van der Waals surface area contributed by atoms with Gasteiger partial charge >= 0.3 is 0 Å². The van der Waals surface area contributed by atoms with Crippen LogP contribution >= 0.6 is 11.6 Å². The summed E-state index contributed by atoms with van der Waals surface area (Å²) in [6.07, 6.45) is 10.0. The molecule has 0 aliphatic heterocycles. The van der Waals surface area contributed by atoms with Gasteiger partial charge in [0.15, 0.2) is 5.15 Å². The lowest BCUT2D eigenvalue weighted by molar-refractivity contribution is -0.119. The van der Waals surface area contributed by atoms with Gasteiger partial charge < -0.3 is 10.2 Å². The first-order valence-corrected chi connectivity index (χ1v) is 8.69. The van der Waals surface area contributed by atoms with E-state index in [9.17, 15) is 9.59 Å². The Morgan fingerprint density at radius 1 is 1.42 bits per heavy atom. The van der Waals surface area contributed by atoms with Crippen LogP contribution in [0.1, 0.15) is 19.8 Å². The van der Waals surface area contributed by atoms with Crippen LogP contribution < -0.4 is 10.2 Å². The fourth-order valence-corrected chi connectivity index (χ4v) is 3.24. The zero-order valence-corrected chi connectivity index (χ0v) is 15.3. The van der Waals surface area contributed by atoms with Gasteiger partial charge in [-0.2, -0.15) is 5.10 Å². The van der Waals surface area contributed by atoms with Gasteiger partial charge in [0.25, 0.3) is 0 Å². The normalized spacial score (nSPS) is 18.7. The highest BCUT2D eigenvalue weighted by atomic mass is 35.5. The van der Waals surface area contributed by atoms with Crippen molar-refractivity contribution in [2.45, 2.75) is 25.8 Å². The molecule has 2 atom stereocenters. The smallest absolute Gasteiger partial charge is 0.227 e. The molecule has 1 aliphatic carbocycles. The quantitative estimate of drug-likeness (QED) is 0.816. The van der Waals surface area contributed by atoms with Crippen molar-refractivity contribution in [1.82, 2.24) is 20.1 Å². The lowest BCUT2D eigenvalue weighted by atomic mass is 10.0. The Morgan fingerprint density at radius 3 is 2.92 bits per heavy atom. The van der Waals surface area contributed by atoms with Crippen LogP contribution in [0.15, 0.2) is 42.9 Å². The minimum absolute atomic E-state index is 0.00692. The molecular weight excluding hydrogens is 354 g/mol. The molecule has 0 spiro atoms. The molecule has 0 aromatic carbocycles. The van der Waals surface area contributed by atoms with Gasteiger partial charge in [-0.25, -0.2) is 4.68 Å². The van der Waals surface area contributed by atoms with Crippen LogP contribution in [0.4, 0.5) is 5.69 Å². The highest BCUT2D eigenvalue weighted by molar-refractivity contribution is 6.32. The SMILES string of the molecule is CC(=O)NC1C=CC(CC(=O)N(C)c2cn(-c3cccnc3)nc2Cl)C1. The Hall–Kier alpha value is -2.67. The number of carbonyl (C=O) groups excluding carboxylic acids is 2. The number of hydrogen-bond donors (Lipinski definition) is 1. The molecule has 26 heavy (non-hydrogen) atoms. The van der Waals surface area contributed by atoms with E-state index in [-0.39, 0.29) is 28.9 Å². The number of nitrogens with zero attached hydrogens (tertiary/aromatic N) is 4. The number of amides is 2. The van der Waals surface area contributed by atoms with Gasteiger partial charge in [0.1, 0.15) is 5.69 Å². The summed E-state index contributed by atoms with van der Waals surface area (Å²) in [5, 5.41) is 7.35. The van der Waals surface area contributed by atoms with E-state index in [1.165, 1.54) is 11.8 Å². The molecule has 8 heteroatoms. The van der Waals surface area contributed by atoms with E-state index in [1.807, 2.05) is 18.2 Å². The number of halogens is 1. The van der Waals surface area contributed by atoms with Gasteiger partial charge in [0.05, 0.1) is 18.1 Å². The number of nitrogens with one attached hydrogen (secondary N) is 1. The molecular formula is C18H20ClN5O2. The second-order valence-corrected chi connectivity index (χ2v) is 6.66. The van der Waals surface area contributed by atoms with Crippen LogP contribution in [0, 0.1) is 5.92 Å². The van der Waals surface area contributed by atoms with Crippen LogP contribution in [0.25, 0.3) is 5.69 Å². The zero-order chi connectivity index (χ0) is 18.7. The van der Waals surface area contributed by atoms with Crippen molar-refractivity contribution in [3.05, 3.63) is 48.0 Å². The van der Waals surface area contributed by atoms with Crippen LogP contribution in [0.2, 0.25) is 5.15 Å². The molecule has 0 saturated heterocycles. The zero-order valence-electron chi connectivity index (χ0n) is 14.6. The van der Waals surface area contributed by atoms with E-state index >= 15 is 0 Å². The van der Waals surface area contributed by atoms with Crippen molar-refractivity contribution in [2.24, 2.45) is 5.92 Å². The molecule has 2 aromatic rings. The maximum Gasteiger partial charge on any atom is 0.227 e. The molecule has 0 bridgehead atoms. The highest BCUT2D eigenvalue weighted by Gasteiger charge is 2.25. The first-order valence-electron chi connectivity index (χ1n) is 8.31. The van der Waals surface area contributed by atoms with Crippen molar-refractivity contribution in [2.75, 3.05) is 11.9 Å². The summed E-state index contributed by atoms with van der Waals surface area (Å²) < 4.78 is 1.59. The first kappa shape index (κ1) is 18.1. The van der Waals surface area contributed by atoms with Gasteiger partial charge in [-0.15, -0.1) is 0 Å². The summed E-state index contributed by atoms with van der Waals surface area (Å²) in [4.78, 5) is 29.3. The highest BCUT2D eigenvalue weighted by Crippen LogP contribution is 2.28. The number of rotatable bonds is 5. The standard InChI is InChI=1S/C18H20ClN5O2/c1-12(25)21-14-6-5-13(8-14)9-17(26)23(2)16-11-24(22-18(16)19)15-4-3-7-20-10-15/h3-7,10-11,13-14H,8-9H2,1-2H3,(H,21,25). The second kappa shape index (κ2) is 7.70. The molecule has 1 aliphatic rings. The fraction of sp³-hybridized carbons (Fsp3) is 0.333. The molecule has 3 rings (SSSR count). The second-order valence-electron chi connectivity index (χ2n) is 6.31. The molecule has 7 nitrogen and oxygen atoms in total. The molecule has 0 fully saturated rings. The van der Waals surface area contributed by atoms with Gasteiger partial charge in [0, 0.05) is 32.6 Å². The van der Waals surface area contributed by atoms with Crippen molar-refractivity contribution in [3.8, 4) is 5.69 Å². The summed E-state index contributed by atoms with van der Waals surface area (Å²) in [5.74, 6) is -0.0388. The lowest BCUT2D eigenvalue weighted by Gasteiger charge is -2.18. The summed E-state index contributed by atoms with van der Waals surface area (Å²) in [6, 6.07) is 3.65. The van der Waals surface area contributed by atoms with Crippen LogP contribution in [-0.2, 0) is 9.59 Å². The lowest BCUT2D eigenvalue weighted by Crippen LogP contribution is -2.31. The summed E-state index contributed by atoms with van der Waals surface area (Å²) >= 11 is 6.22. The third-order valence-corrected chi connectivity index (χ3v) is 4.56. The first-order chi connectivity index (χ1) is 12.4. The molecule has 2 aromatic heterocycles. The Kier molecular flexibility index (Phi) is 5.37. The number of carbonyl (C=O) groups is 2. The fourth-order valence-electron chi connectivity index (χ4n) is 2.98. The van der Waals surface area contributed by atoms with Gasteiger partial charge in [-0.1, -0.05) is 23.8 Å². The Morgan fingerprint density at radius 2 is 2.23 bits per heavy atom. The molecule has 0 radical (unpaired) electrons. The Labute approximate surface area is 156 Å². The maximum absolute atomic E-state index is 12.6. The number of pyridine rings is 1. The molecule has 2 amide bonds. The minimum Gasteiger partial charge on any atom is -0.350 e. The molecule has 1 N–H and O–H groups in total. The predicted octanol–water partition coefficient (Wildman–Crippen LogP) is 2.35. The van der Waals surface area contributed by atoms with E-state index in [0.29, 0.717) is 12.1 Å².